The van der Waals surface area contributed by atoms with Gasteiger partial charge in [-0.15, -0.1) is 0 Å². The Morgan fingerprint density at radius 2 is 1.60 bits per heavy atom. The van der Waals surface area contributed by atoms with Crippen molar-refractivity contribution in [1.29, 1.82) is 0 Å². The number of rotatable bonds is 10. The summed E-state index contributed by atoms with van der Waals surface area (Å²) in [7, 11) is -3.92. The van der Waals surface area contributed by atoms with Gasteiger partial charge >= 0.3 is 0 Å². The Bertz CT molecular complexity index is 1550. The molecule has 0 amide bonds. The Kier molecular flexibility index (Phi) is 8.14. The molecule has 0 aliphatic carbocycles. The number of fused-ring (bicyclic) bond motifs is 1. The van der Waals surface area contributed by atoms with Crippen molar-refractivity contribution in [1.82, 2.24) is 3.97 Å². The summed E-state index contributed by atoms with van der Waals surface area (Å²) in [5, 5.41) is 33.2. The molecule has 1 fully saturated rings. The van der Waals surface area contributed by atoms with Gasteiger partial charge in [0.1, 0.15) is 12.2 Å². The number of hydrogen-bond donors (Lipinski definition) is 3. The van der Waals surface area contributed by atoms with Crippen molar-refractivity contribution in [3.8, 4) is 0 Å². The second-order valence-electron chi connectivity index (χ2n) is 9.99. The van der Waals surface area contributed by atoms with Crippen molar-refractivity contribution >= 4 is 38.3 Å². The first-order chi connectivity index (χ1) is 18.7. The molecule has 5 atom stereocenters. The minimum atomic E-state index is -3.92. The summed E-state index contributed by atoms with van der Waals surface area (Å²) in [4.78, 5) is 36.8. The molecular formula is C28H31NO10S. The van der Waals surface area contributed by atoms with Crippen LogP contribution in [0.4, 0.5) is 0 Å². The van der Waals surface area contributed by atoms with Crippen LogP contribution < -0.4 is 0 Å². The Balaban J connectivity index is 1.63. The second-order valence-corrected chi connectivity index (χ2v) is 11.8. The van der Waals surface area contributed by atoms with Gasteiger partial charge in [0.05, 0.1) is 17.0 Å². The predicted molar refractivity (Wildman–Crippen MR) is 142 cm³/mol. The number of aromatic nitrogens is 1. The zero-order chi connectivity index (χ0) is 29.5. The van der Waals surface area contributed by atoms with Gasteiger partial charge in [-0.3, -0.25) is 14.4 Å². The molecule has 0 spiro atoms. The fourth-order valence-electron chi connectivity index (χ4n) is 4.89. The van der Waals surface area contributed by atoms with Crippen LogP contribution in [0.1, 0.15) is 32.8 Å². The number of para-hydroxylation sites is 1. The van der Waals surface area contributed by atoms with E-state index in [-0.39, 0.29) is 17.9 Å². The van der Waals surface area contributed by atoms with Crippen LogP contribution >= 0.6 is 0 Å². The number of ether oxygens (including phenoxy) is 2. The number of ketones is 3. The van der Waals surface area contributed by atoms with Crippen LogP contribution in [0.2, 0.25) is 0 Å². The molecule has 1 aliphatic rings. The Hall–Kier alpha value is -3.26. The molecule has 214 valence electrons. The lowest BCUT2D eigenvalue weighted by molar-refractivity contribution is -0.319. The minimum absolute atomic E-state index is 0.105. The van der Waals surface area contributed by atoms with E-state index < -0.39 is 63.5 Å². The fourth-order valence-corrected chi connectivity index (χ4v) is 6.30. The number of carbonyl (C=O) groups is 3. The molecule has 11 nitrogen and oxygen atoms in total. The maximum absolute atomic E-state index is 13.4. The molecule has 1 unspecified atom stereocenters. The third-order valence-corrected chi connectivity index (χ3v) is 8.98. The fraction of sp³-hybridized carbons (Fsp3) is 0.393. The average molecular weight is 574 g/mol. The normalized spacial score (nSPS) is 25.9. The number of carbonyl (C=O) groups excluding carboxylic acids is 3. The summed E-state index contributed by atoms with van der Waals surface area (Å²) in [5.74, 6) is -2.58. The third kappa shape index (κ3) is 5.14. The van der Waals surface area contributed by atoms with E-state index in [9.17, 15) is 38.1 Å². The molecule has 2 heterocycles. The number of Topliss-reactive ketones (excluding diaryl/α,β-unsaturated/α-hetero) is 3. The van der Waals surface area contributed by atoms with E-state index in [0.29, 0.717) is 16.5 Å². The van der Waals surface area contributed by atoms with E-state index in [4.69, 9.17) is 9.47 Å². The van der Waals surface area contributed by atoms with Crippen molar-refractivity contribution < 1.29 is 47.6 Å². The topological polar surface area (TPSA) is 169 Å². The lowest BCUT2D eigenvalue weighted by atomic mass is 9.74. The van der Waals surface area contributed by atoms with Crippen molar-refractivity contribution in [3.05, 3.63) is 66.4 Å². The molecule has 2 aromatic carbocycles. The third-order valence-electron chi connectivity index (χ3n) is 7.29. The van der Waals surface area contributed by atoms with Crippen LogP contribution in [-0.4, -0.2) is 81.4 Å². The zero-order valence-corrected chi connectivity index (χ0v) is 23.0. The number of benzene rings is 2. The highest BCUT2D eigenvalue weighted by Gasteiger charge is 2.62. The van der Waals surface area contributed by atoms with Gasteiger partial charge in [0, 0.05) is 18.0 Å². The second kappa shape index (κ2) is 11.0. The smallest absolute Gasteiger partial charge is 0.268 e. The number of aliphatic hydroxyl groups excluding tert-OH is 1. The van der Waals surface area contributed by atoms with E-state index >= 15 is 0 Å². The highest BCUT2D eigenvalue weighted by molar-refractivity contribution is 7.90. The summed E-state index contributed by atoms with van der Waals surface area (Å²) in [5.41, 5.74) is -3.99. The van der Waals surface area contributed by atoms with Gasteiger partial charge in [-0.05, 0) is 51.0 Å². The number of hydrogen-bond acceptors (Lipinski definition) is 10. The van der Waals surface area contributed by atoms with E-state index in [0.717, 1.165) is 20.8 Å². The van der Waals surface area contributed by atoms with Crippen molar-refractivity contribution in [2.75, 3.05) is 6.61 Å². The standard InChI is InChI=1S/C28H31NO10S/c1-17(30)24(33)25-27(34,18(2)31)16-28(35,19(3)32)26(39-25)38-14-13-20-15-29(23-12-8-7-11-22(20)23)40(36,37)21-9-5-4-6-10-21/h4-12,15,24-26,33-35H,13-14,16H2,1-3H3/t24?,25-,26+,27-,28+/m1/s1. The summed E-state index contributed by atoms with van der Waals surface area (Å²) in [6, 6.07) is 14.8. The highest BCUT2D eigenvalue weighted by Crippen LogP contribution is 2.40. The van der Waals surface area contributed by atoms with Crippen LogP contribution in [0.5, 0.6) is 0 Å². The molecule has 0 saturated carbocycles. The van der Waals surface area contributed by atoms with Gasteiger partial charge in [0.15, 0.2) is 34.8 Å². The maximum atomic E-state index is 13.4. The van der Waals surface area contributed by atoms with Crippen molar-refractivity contribution in [3.63, 3.8) is 0 Å². The Morgan fingerprint density at radius 1 is 1.00 bits per heavy atom. The molecule has 1 aliphatic heterocycles. The van der Waals surface area contributed by atoms with Gasteiger partial charge in [0.2, 0.25) is 0 Å². The van der Waals surface area contributed by atoms with Gasteiger partial charge < -0.3 is 24.8 Å². The molecule has 12 heteroatoms. The van der Waals surface area contributed by atoms with E-state index in [2.05, 4.69) is 0 Å². The van der Waals surface area contributed by atoms with Crippen LogP contribution in [0, 0.1) is 0 Å². The van der Waals surface area contributed by atoms with Crippen molar-refractivity contribution in [2.24, 2.45) is 0 Å². The summed E-state index contributed by atoms with van der Waals surface area (Å²) in [6.45, 7) is 2.87. The Morgan fingerprint density at radius 3 is 2.20 bits per heavy atom. The van der Waals surface area contributed by atoms with E-state index in [1.54, 1.807) is 42.5 Å². The maximum Gasteiger partial charge on any atom is 0.268 e. The average Bonchev–Trinajstić information content (AvgIpc) is 3.29. The van der Waals surface area contributed by atoms with Crippen LogP contribution in [0.15, 0.2) is 65.7 Å². The molecule has 3 N–H and O–H groups in total. The first kappa shape index (κ1) is 29.7. The molecule has 1 saturated heterocycles. The summed E-state index contributed by atoms with van der Waals surface area (Å²) in [6.07, 6.45) is -4.76. The first-order valence-corrected chi connectivity index (χ1v) is 14.0. The van der Waals surface area contributed by atoms with E-state index in [1.165, 1.54) is 22.3 Å². The molecule has 0 bridgehead atoms. The molecule has 3 aromatic rings. The lowest BCUT2D eigenvalue weighted by Gasteiger charge is -2.49. The zero-order valence-electron chi connectivity index (χ0n) is 22.2. The molecule has 0 radical (unpaired) electrons. The predicted octanol–water partition coefficient (Wildman–Crippen LogP) is 1.14. The molecule has 4 rings (SSSR count). The van der Waals surface area contributed by atoms with Gasteiger partial charge in [-0.1, -0.05) is 36.4 Å². The largest absolute Gasteiger partial charge is 0.382 e. The SMILES string of the molecule is CC(=O)C(O)[C@H]1O[C@H](OCCc2cn(S(=O)(=O)c3ccccc3)c3ccccc23)[C@@](O)(C(C)=O)C[C@@]1(O)C(C)=O. The quantitative estimate of drug-likeness (QED) is 0.320. The number of nitrogens with zero attached hydrogens (tertiary/aromatic N) is 1. The van der Waals surface area contributed by atoms with Gasteiger partial charge in [0.25, 0.3) is 10.0 Å². The van der Waals surface area contributed by atoms with Gasteiger partial charge in [-0.25, -0.2) is 12.4 Å². The van der Waals surface area contributed by atoms with Gasteiger partial charge in [-0.2, -0.15) is 0 Å². The van der Waals surface area contributed by atoms with Crippen molar-refractivity contribution in [2.45, 2.75) is 68.2 Å². The van der Waals surface area contributed by atoms with Crippen LogP contribution in [-0.2, 0) is 40.3 Å². The first-order valence-electron chi connectivity index (χ1n) is 12.6. The van der Waals surface area contributed by atoms with E-state index in [1.807, 2.05) is 0 Å². The Labute approximate surface area is 231 Å². The summed E-state index contributed by atoms with van der Waals surface area (Å²) >= 11 is 0. The summed E-state index contributed by atoms with van der Waals surface area (Å²) < 4.78 is 39.2. The lowest BCUT2D eigenvalue weighted by Crippen LogP contribution is -2.70. The monoisotopic (exact) mass is 573 g/mol. The van der Waals surface area contributed by atoms with Crippen LogP contribution in [0.3, 0.4) is 0 Å². The van der Waals surface area contributed by atoms with Crippen LogP contribution in [0.25, 0.3) is 10.9 Å². The highest BCUT2D eigenvalue weighted by atomic mass is 32.2. The molecular weight excluding hydrogens is 542 g/mol. The minimum Gasteiger partial charge on any atom is -0.382 e. The molecule has 40 heavy (non-hydrogen) atoms. The molecule has 1 aromatic heterocycles. The number of aliphatic hydroxyl groups is 3.